The van der Waals surface area contributed by atoms with E-state index in [1.165, 1.54) is 29.6 Å². The van der Waals surface area contributed by atoms with Crippen molar-refractivity contribution in [1.82, 2.24) is 0 Å². The van der Waals surface area contributed by atoms with Crippen LogP contribution < -0.4 is 0 Å². The number of nitrogens with zero attached hydrogens (tertiary/aromatic N) is 2. The molecule has 1 fully saturated rings. The molecule has 2 aromatic carbocycles. The normalized spacial score (nSPS) is 17.1. The fourth-order valence-corrected chi connectivity index (χ4v) is 7.21. The third-order valence-electron chi connectivity index (χ3n) is 7.55. The first-order valence-corrected chi connectivity index (χ1v) is 15.2. The molecule has 0 spiro atoms. The summed E-state index contributed by atoms with van der Waals surface area (Å²) in [4.78, 5) is 60.9. The van der Waals surface area contributed by atoms with E-state index in [1.807, 2.05) is 24.3 Å². The number of benzene rings is 2. The first-order valence-electron chi connectivity index (χ1n) is 13.5. The number of ketones is 2. The van der Waals surface area contributed by atoms with Crippen molar-refractivity contribution in [1.29, 1.82) is 0 Å². The van der Waals surface area contributed by atoms with Crippen molar-refractivity contribution in [3.05, 3.63) is 69.4 Å². The van der Waals surface area contributed by atoms with E-state index < -0.39 is 11.9 Å². The van der Waals surface area contributed by atoms with Gasteiger partial charge < -0.3 is 9.68 Å². The standard InChI is InChI=1S/C31H26N2O6S2/c1-17(34)38-33-28(18-6-3-2-4-7-18)29(35)20-10-12-25-22(15-20)23-14-19-9-11-24(30(36)21(19)16-27(23)41-25)32-39-31(37)26-8-5-13-40-26/h5,8,10,12-16,18H,2-4,6-7,9,11H2,1H3/b32-24-,33-28+. The number of hydrogen-bond acceptors (Lipinski definition) is 10. The van der Waals surface area contributed by atoms with E-state index in [4.69, 9.17) is 9.68 Å². The van der Waals surface area contributed by atoms with Crippen LogP contribution in [0.25, 0.3) is 20.2 Å². The van der Waals surface area contributed by atoms with Gasteiger partial charge in [-0.1, -0.05) is 35.6 Å². The van der Waals surface area contributed by atoms with E-state index in [0.29, 0.717) is 34.6 Å². The summed E-state index contributed by atoms with van der Waals surface area (Å²) in [6.07, 6.45) is 5.76. The second-order valence-electron chi connectivity index (χ2n) is 10.3. The zero-order valence-electron chi connectivity index (χ0n) is 22.3. The first kappa shape index (κ1) is 27.2. The van der Waals surface area contributed by atoms with E-state index in [0.717, 1.165) is 57.8 Å². The summed E-state index contributed by atoms with van der Waals surface area (Å²) in [5.41, 5.74) is 2.45. The van der Waals surface area contributed by atoms with Gasteiger partial charge in [-0.25, -0.2) is 9.59 Å². The van der Waals surface area contributed by atoms with Gasteiger partial charge in [-0.05, 0) is 66.6 Å². The fourth-order valence-electron chi connectivity index (χ4n) is 5.51. The molecule has 0 bridgehead atoms. The van der Waals surface area contributed by atoms with Crippen molar-refractivity contribution in [2.24, 2.45) is 16.2 Å². The number of hydrogen-bond donors (Lipinski definition) is 0. The summed E-state index contributed by atoms with van der Waals surface area (Å²) >= 11 is 2.79. The summed E-state index contributed by atoms with van der Waals surface area (Å²) in [6, 6.07) is 12.8. The van der Waals surface area contributed by atoms with Gasteiger partial charge in [-0.3, -0.25) is 9.59 Å². The van der Waals surface area contributed by atoms with Crippen LogP contribution in [0.5, 0.6) is 0 Å². The Hall–Kier alpha value is -4.02. The number of aryl methyl sites for hydroxylation is 1. The Bertz CT molecular complexity index is 1760. The molecule has 0 unspecified atom stereocenters. The van der Waals surface area contributed by atoms with E-state index in [-0.39, 0.29) is 23.2 Å². The molecule has 2 aliphatic carbocycles. The Balaban J connectivity index is 1.31. The monoisotopic (exact) mass is 586 g/mol. The minimum atomic E-state index is -0.582. The maximum atomic E-state index is 13.6. The molecular weight excluding hydrogens is 560 g/mol. The molecule has 41 heavy (non-hydrogen) atoms. The maximum absolute atomic E-state index is 13.6. The minimum Gasteiger partial charge on any atom is -0.318 e. The SMILES string of the molecule is CC(=O)O/N=C(/C(=O)c1ccc2sc3cc4c(cc3c2c1)CC/C(=N/OC(=O)c1cccs1)C4=O)C1CCCCC1. The lowest BCUT2D eigenvalue weighted by atomic mass is 9.83. The third-order valence-corrected chi connectivity index (χ3v) is 9.54. The van der Waals surface area contributed by atoms with E-state index in [2.05, 4.69) is 10.3 Å². The predicted octanol–water partition coefficient (Wildman–Crippen LogP) is 7.14. The van der Waals surface area contributed by atoms with Gasteiger partial charge in [-0.15, -0.1) is 22.7 Å². The summed E-state index contributed by atoms with van der Waals surface area (Å²) < 4.78 is 1.90. The molecule has 0 amide bonds. The van der Waals surface area contributed by atoms with Crippen LogP contribution in [0, 0.1) is 5.92 Å². The molecule has 8 nitrogen and oxygen atoms in total. The first-order chi connectivity index (χ1) is 19.9. The zero-order chi connectivity index (χ0) is 28.5. The second kappa shape index (κ2) is 11.5. The molecule has 4 aromatic rings. The Labute approximate surface area is 243 Å². The van der Waals surface area contributed by atoms with E-state index >= 15 is 0 Å². The lowest BCUT2D eigenvalue weighted by Gasteiger charge is -2.22. The number of rotatable bonds is 6. The fraction of sp³-hybridized carbons (Fsp3) is 0.290. The average Bonchev–Trinajstić information content (AvgIpc) is 3.64. The number of fused-ring (bicyclic) bond motifs is 4. The van der Waals surface area contributed by atoms with Gasteiger partial charge in [-0.2, -0.15) is 0 Å². The van der Waals surface area contributed by atoms with Crippen LogP contribution in [-0.2, 0) is 20.9 Å². The number of oxime groups is 2. The van der Waals surface area contributed by atoms with Crippen LogP contribution in [0.4, 0.5) is 0 Å². The molecule has 2 heterocycles. The van der Waals surface area contributed by atoms with Crippen LogP contribution >= 0.6 is 22.7 Å². The number of thiophene rings is 2. The highest BCUT2D eigenvalue weighted by Crippen LogP contribution is 2.38. The third kappa shape index (κ3) is 5.49. The molecule has 2 aromatic heterocycles. The molecule has 0 atom stereocenters. The molecular formula is C31H26N2O6S2. The van der Waals surface area contributed by atoms with Crippen molar-refractivity contribution >= 4 is 77.8 Å². The number of carbonyl (C=O) groups excluding carboxylic acids is 4. The summed E-state index contributed by atoms with van der Waals surface area (Å²) in [7, 11) is 0. The lowest BCUT2D eigenvalue weighted by molar-refractivity contribution is -0.140. The Morgan fingerprint density at radius 3 is 2.49 bits per heavy atom. The minimum absolute atomic E-state index is 0.0380. The molecule has 1 saturated carbocycles. The molecule has 0 N–H and O–H groups in total. The summed E-state index contributed by atoms with van der Waals surface area (Å²) in [5, 5.41) is 11.6. The maximum Gasteiger partial charge on any atom is 0.375 e. The number of Topliss-reactive ketones (excluding diaryl/α,β-unsaturated/α-hetero) is 2. The molecule has 0 saturated heterocycles. The highest BCUT2D eigenvalue weighted by atomic mass is 32.1. The molecule has 0 aliphatic heterocycles. The second-order valence-corrected chi connectivity index (χ2v) is 12.3. The van der Waals surface area contributed by atoms with Crippen LogP contribution in [0.15, 0.2) is 58.2 Å². The van der Waals surface area contributed by atoms with E-state index in [9.17, 15) is 19.2 Å². The molecule has 0 radical (unpaired) electrons. The van der Waals surface area contributed by atoms with Crippen molar-refractivity contribution < 1.29 is 28.9 Å². The van der Waals surface area contributed by atoms with Gasteiger partial charge >= 0.3 is 11.9 Å². The van der Waals surface area contributed by atoms with Crippen LogP contribution in [-0.4, -0.2) is 34.9 Å². The molecule has 6 rings (SSSR count). The molecule has 10 heteroatoms. The molecule has 2 aliphatic rings. The topological polar surface area (TPSA) is 111 Å². The van der Waals surface area contributed by atoms with Crippen molar-refractivity contribution in [2.75, 3.05) is 0 Å². The largest absolute Gasteiger partial charge is 0.375 e. The predicted molar refractivity (Wildman–Crippen MR) is 159 cm³/mol. The highest BCUT2D eigenvalue weighted by molar-refractivity contribution is 7.25. The Morgan fingerprint density at radius 1 is 0.927 bits per heavy atom. The van der Waals surface area contributed by atoms with Gasteiger partial charge in [0.1, 0.15) is 16.3 Å². The van der Waals surface area contributed by atoms with Crippen molar-refractivity contribution in [3.63, 3.8) is 0 Å². The summed E-state index contributed by atoms with van der Waals surface area (Å²) in [5.74, 6) is -1.66. The van der Waals surface area contributed by atoms with E-state index in [1.54, 1.807) is 23.6 Å². The quantitative estimate of drug-likeness (QED) is 0.103. The van der Waals surface area contributed by atoms with Crippen LogP contribution in [0.3, 0.4) is 0 Å². The number of carbonyl (C=O) groups is 4. The van der Waals surface area contributed by atoms with Crippen LogP contribution in [0.1, 0.15) is 81.4 Å². The van der Waals surface area contributed by atoms with Gasteiger partial charge in [0.25, 0.3) is 0 Å². The van der Waals surface area contributed by atoms with Crippen LogP contribution in [0.2, 0.25) is 0 Å². The van der Waals surface area contributed by atoms with Gasteiger partial charge in [0.05, 0.1) is 0 Å². The smallest absolute Gasteiger partial charge is 0.318 e. The average molecular weight is 587 g/mol. The lowest BCUT2D eigenvalue weighted by Crippen LogP contribution is -2.27. The molecule has 208 valence electrons. The zero-order valence-corrected chi connectivity index (χ0v) is 23.9. The Morgan fingerprint density at radius 2 is 1.73 bits per heavy atom. The van der Waals surface area contributed by atoms with Gasteiger partial charge in [0, 0.05) is 50.6 Å². The van der Waals surface area contributed by atoms with Gasteiger partial charge in [0.15, 0.2) is 0 Å². The van der Waals surface area contributed by atoms with Crippen molar-refractivity contribution in [3.8, 4) is 0 Å². The highest BCUT2D eigenvalue weighted by Gasteiger charge is 2.29. The van der Waals surface area contributed by atoms with Crippen molar-refractivity contribution in [2.45, 2.75) is 51.9 Å². The van der Waals surface area contributed by atoms with Gasteiger partial charge in [0.2, 0.25) is 11.6 Å². The Kier molecular flexibility index (Phi) is 7.59. The summed E-state index contributed by atoms with van der Waals surface area (Å²) in [6.45, 7) is 1.27.